The average molecular weight is 325 g/mol. The van der Waals surface area contributed by atoms with Gasteiger partial charge in [0, 0.05) is 32.3 Å². The summed E-state index contributed by atoms with van der Waals surface area (Å²) in [6.45, 7) is 1.92. The van der Waals surface area contributed by atoms with Gasteiger partial charge < -0.3 is 5.32 Å². The topological polar surface area (TPSA) is 79.6 Å². The summed E-state index contributed by atoms with van der Waals surface area (Å²) in [5, 5.41) is 12.4. The predicted octanol–water partition coefficient (Wildman–Crippen LogP) is 1.66. The largest absolute Gasteiger partial charge is 0.344 e. The van der Waals surface area contributed by atoms with Gasteiger partial charge in [-0.05, 0) is 30.7 Å². The zero-order valence-electron chi connectivity index (χ0n) is 13.6. The Balaban J connectivity index is 1.72. The van der Waals surface area contributed by atoms with Crippen molar-refractivity contribution in [3.63, 3.8) is 0 Å². The van der Waals surface area contributed by atoms with E-state index < -0.39 is 0 Å². The summed E-state index contributed by atoms with van der Waals surface area (Å²) in [6, 6.07) is 9.50. The van der Waals surface area contributed by atoms with Gasteiger partial charge in [-0.3, -0.25) is 9.59 Å². The fourth-order valence-electron chi connectivity index (χ4n) is 2.55. The molecule has 0 fully saturated rings. The summed E-state index contributed by atoms with van der Waals surface area (Å²) in [6.07, 6.45) is 4.27. The Morgan fingerprint density at radius 3 is 2.83 bits per heavy atom. The van der Waals surface area contributed by atoms with Crippen LogP contribution in [-0.2, 0) is 9.59 Å². The highest BCUT2D eigenvalue weighted by molar-refractivity contribution is 6.39. The van der Waals surface area contributed by atoms with Crippen LogP contribution >= 0.6 is 0 Å². The molecule has 0 radical (unpaired) electrons. The minimum absolute atomic E-state index is 0.0773. The van der Waals surface area contributed by atoms with Crippen molar-refractivity contribution in [1.82, 2.24) is 20.1 Å². The van der Waals surface area contributed by atoms with Crippen molar-refractivity contribution in [2.24, 2.45) is 5.10 Å². The molecule has 1 aliphatic rings. The second-order valence-corrected chi connectivity index (χ2v) is 5.70. The summed E-state index contributed by atoms with van der Waals surface area (Å²) in [7, 11) is 1.56. The van der Waals surface area contributed by atoms with E-state index in [4.69, 9.17) is 0 Å². The molecule has 1 aromatic carbocycles. The van der Waals surface area contributed by atoms with Crippen LogP contribution in [0.2, 0.25) is 0 Å². The Kier molecular flexibility index (Phi) is 4.41. The Bertz CT molecular complexity index is 782. The number of carbonyl (C=O) groups is 2. The summed E-state index contributed by atoms with van der Waals surface area (Å²) in [5.74, 6) is -0.321. The van der Waals surface area contributed by atoms with E-state index >= 15 is 0 Å². The van der Waals surface area contributed by atoms with Gasteiger partial charge in [-0.15, -0.1) is 0 Å². The third kappa shape index (κ3) is 3.34. The van der Waals surface area contributed by atoms with Gasteiger partial charge in [-0.1, -0.05) is 12.1 Å². The molecule has 7 nitrogen and oxygen atoms in total. The van der Waals surface area contributed by atoms with Crippen LogP contribution in [0, 0.1) is 0 Å². The van der Waals surface area contributed by atoms with Gasteiger partial charge in [0.2, 0.25) is 5.91 Å². The van der Waals surface area contributed by atoms with Crippen molar-refractivity contribution in [3.05, 3.63) is 48.3 Å². The van der Waals surface area contributed by atoms with Crippen molar-refractivity contribution in [2.45, 2.75) is 25.8 Å². The molecule has 7 heteroatoms. The number of benzene rings is 1. The molecule has 0 bridgehead atoms. The first-order chi connectivity index (χ1) is 11.5. The number of hydrazone groups is 1. The van der Waals surface area contributed by atoms with Crippen LogP contribution in [0.15, 0.2) is 47.8 Å². The lowest BCUT2D eigenvalue weighted by Gasteiger charge is -2.21. The third-order valence-electron chi connectivity index (χ3n) is 3.96. The molecule has 1 unspecified atom stereocenters. The lowest BCUT2D eigenvalue weighted by atomic mass is 10.1. The van der Waals surface area contributed by atoms with E-state index in [9.17, 15) is 9.59 Å². The molecule has 1 N–H and O–H groups in total. The number of hydrogen-bond donors (Lipinski definition) is 1. The number of carbonyl (C=O) groups excluding carboxylic acids is 2. The lowest BCUT2D eigenvalue weighted by Crippen LogP contribution is -2.38. The highest BCUT2D eigenvalue weighted by Gasteiger charge is 2.23. The molecule has 1 aromatic heterocycles. The van der Waals surface area contributed by atoms with E-state index in [-0.39, 0.29) is 17.9 Å². The molecule has 2 heterocycles. The molecular weight excluding hydrogens is 306 g/mol. The molecule has 2 aromatic rings. The van der Waals surface area contributed by atoms with Crippen LogP contribution in [-0.4, -0.2) is 39.4 Å². The van der Waals surface area contributed by atoms with Crippen LogP contribution in [0.3, 0.4) is 0 Å². The molecule has 0 spiro atoms. The summed E-state index contributed by atoms with van der Waals surface area (Å²) in [4.78, 5) is 23.8. The lowest BCUT2D eigenvalue weighted by molar-refractivity contribution is -0.130. The first-order valence-electron chi connectivity index (χ1n) is 7.79. The zero-order chi connectivity index (χ0) is 17.1. The third-order valence-corrected chi connectivity index (χ3v) is 3.96. The molecule has 1 aliphatic heterocycles. The molecular formula is C17H19N5O2. The van der Waals surface area contributed by atoms with Crippen LogP contribution in [0.25, 0.3) is 5.69 Å². The molecule has 1 atom stereocenters. The van der Waals surface area contributed by atoms with Crippen molar-refractivity contribution in [1.29, 1.82) is 0 Å². The molecule has 0 saturated heterocycles. The van der Waals surface area contributed by atoms with Crippen molar-refractivity contribution < 1.29 is 9.59 Å². The zero-order valence-corrected chi connectivity index (χ0v) is 13.6. The second kappa shape index (κ2) is 6.66. The maximum absolute atomic E-state index is 12.4. The predicted molar refractivity (Wildman–Crippen MR) is 89.6 cm³/mol. The van der Waals surface area contributed by atoms with Gasteiger partial charge in [-0.25, -0.2) is 9.69 Å². The number of amides is 2. The van der Waals surface area contributed by atoms with E-state index in [1.807, 2.05) is 43.5 Å². The summed E-state index contributed by atoms with van der Waals surface area (Å²) >= 11 is 0. The SMILES string of the molecule is CC(NC(=O)C1=NN(C)C(=O)CC1)c1cccc(-n2cccn2)c1. The van der Waals surface area contributed by atoms with Crippen LogP contribution in [0.1, 0.15) is 31.4 Å². The minimum atomic E-state index is -0.244. The van der Waals surface area contributed by atoms with Crippen LogP contribution in [0.5, 0.6) is 0 Å². The van der Waals surface area contributed by atoms with Crippen molar-refractivity contribution in [3.8, 4) is 5.69 Å². The molecule has 2 amide bonds. The van der Waals surface area contributed by atoms with Gasteiger partial charge in [-0.2, -0.15) is 10.2 Å². The van der Waals surface area contributed by atoms with Crippen molar-refractivity contribution in [2.75, 3.05) is 7.05 Å². The molecule has 3 rings (SSSR count). The van der Waals surface area contributed by atoms with Crippen LogP contribution in [0.4, 0.5) is 0 Å². The van der Waals surface area contributed by atoms with E-state index in [1.165, 1.54) is 5.01 Å². The summed E-state index contributed by atoms with van der Waals surface area (Å²) < 4.78 is 1.77. The van der Waals surface area contributed by atoms with E-state index in [0.717, 1.165) is 11.3 Å². The first-order valence-corrected chi connectivity index (χ1v) is 7.79. The Morgan fingerprint density at radius 1 is 1.29 bits per heavy atom. The average Bonchev–Trinajstić information content (AvgIpc) is 3.12. The number of nitrogens with one attached hydrogen (secondary N) is 1. The molecule has 124 valence electrons. The normalized spacial score (nSPS) is 15.8. The molecule has 0 saturated carbocycles. The highest BCUT2D eigenvalue weighted by Crippen LogP contribution is 2.17. The second-order valence-electron chi connectivity index (χ2n) is 5.70. The number of aromatic nitrogens is 2. The Hall–Kier alpha value is -2.96. The first kappa shape index (κ1) is 15.9. The van der Waals surface area contributed by atoms with E-state index in [0.29, 0.717) is 18.6 Å². The fourth-order valence-corrected chi connectivity index (χ4v) is 2.55. The van der Waals surface area contributed by atoms with Gasteiger partial charge in [0.25, 0.3) is 5.91 Å². The van der Waals surface area contributed by atoms with Gasteiger partial charge in [0.05, 0.1) is 11.7 Å². The summed E-state index contributed by atoms with van der Waals surface area (Å²) in [5.41, 5.74) is 2.28. The highest BCUT2D eigenvalue weighted by atomic mass is 16.2. The van der Waals surface area contributed by atoms with E-state index in [2.05, 4.69) is 15.5 Å². The van der Waals surface area contributed by atoms with Crippen molar-refractivity contribution >= 4 is 17.5 Å². The van der Waals surface area contributed by atoms with Gasteiger partial charge >= 0.3 is 0 Å². The molecule has 0 aliphatic carbocycles. The van der Waals surface area contributed by atoms with Gasteiger partial charge in [0.15, 0.2) is 0 Å². The number of rotatable bonds is 4. The maximum Gasteiger partial charge on any atom is 0.267 e. The number of hydrogen-bond acceptors (Lipinski definition) is 4. The number of nitrogens with zero attached hydrogens (tertiary/aromatic N) is 4. The fraction of sp³-hybridized carbons (Fsp3) is 0.294. The van der Waals surface area contributed by atoms with Crippen LogP contribution < -0.4 is 5.32 Å². The Labute approximate surface area is 140 Å². The molecule has 24 heavy (non-hydrogen) atoms. The van der Waals surface area contributed by atoms with Gasteiger partial charge in [0.1, 0.15) is 5.71 Å². The maximum atomic E-state index is 12.4. The quantitative estimate of drug-likeness (QED) is 0.928. The Morgan fingerprint density at radius 2 is 2.12 bits per heavy atom. The standard InChI is InChI=1S/C17H19N5O2/c1-12(19-17(24)15-7-8-16(23)21(2)20-15)13-5-3-6-14(11-13)22-10-4-9-18-22/h3-6,9-12H,7-8H2,1-2H3,(H,19,24). The smallest absolute Gasteiger partial charge is 0.267 e. The minimum Gasteiger partial charge on any atom is -0.344 e. The van der Waals surface area contributed by atoms with E-state index in [1.54, 1.807) is 17.9 Å². The monoisotopic (exact) mass is 325 g/mol.